The summed E-state index contributed by atoms with van der Waals surface area (Å²) in [6.45, 7) is 7.65. The minimum absolute atomic E-state index is 0. The van der Waals surface area contributed by atoms with Crippen LogP contribution in [-0.4, -0.2) is 27.0 Å². The van der Waals surface area contributed by atoms with Crippen LogP contribution in [0, 0.1) is 20.8 Å². The van der Waals surface area contributed by atoms with Crippen molar-refractivity contribution in [1.29, 1.82) is 0 Å². The van der Waals surface area contributed by atoms with Crippen LogP contribution in [-0.2, 0) is 17.8 Å². The quantitative estimate of drug-likeness (QED) is 0.370. The summed E-state index contributed by atoms with van der Waals surface area (Å²) in [5, 5.41) is 0.777. The van der Waals surface area contributed by atoms with Crippen molar-refractivity contribution in [1.82, 2.24) is 14.5 Å². The molecule has 2 heterocycles. The second-order valence-corrected chi connectivity index (χ2v) is 8.73. The topological polar surface area (TPSA) is 51.0 Å². The molecule has 0 aliphatic heterocycles. The highest BCUT2D eigenvalue weighted by atomic mass is 35.5. The van der Waals surface area contributed by atoms with Crippen molar-refractivity contribution in [2.75, 3.05) is 11.4 Å². The summed E-state index contributed by atoms with van der Waals surface area (Å²) in [4.78, 5) is 24.2. The van der Waals surface area contributed by atoms with Gasteiger partial charge in [-0.1, -0.05) is 47.2 Å². The average Bonchev–Trinajstić information content (AvgIpc) is 3.37. The molecule has 5 nitrogen and oxygen atoms in total. The number of hydrogen-bond acceptors (Lipinski definition) is 4. The van der Waals surface area contributed by atoms with Gasteiger partial charge >= 0.3 is 0 Å². The number of nitrogens with zero attached hydrogens (tertiary/aromatic N) is 4. The van der Waals surface area contributed by atoms with Crippen LogP contribution in [0.5, 0.6) is 0 Å². The molecule has 0 saturated heterocycles. The third-order valence-corrected chi connectivity index (χ3v) is 6.38. The van der Waals surface area contributed by atoms with Crippen molar-refractivity contribution in [2.45, 2.75) is 40.2 Å². The molecule has 0 aliphatic rings. The molecule has 0 aliphatic carbocycles. The van der Waals surface area contributed by atoms with Gasteiger partial charge in [0.1, 0.15) is 0 Å². The Labute approximate surface area is 193 Å². The number of para-hydroxylation sites is 1. The van der Waals surface area contributed by atoms with Crippen molar-refractivity contribution in [3.05, 3.63) is 77.4 Å². The number of carbonyl (C=O) groups is 1. The van der Waals surface area contributed by atoms with Crippen LogP contribution in [0.4, 0.5) is 5.13 Å². The summed E-state index contributed by atoms with van der Waals surface area (Å²) in [5.74, 6) is 0.0873. The number of aryl methyl sites for hydroxylation is 4. The first-order chi connectivity index (χ1) is 14.5. The van der Waals surface area contributed by atoms with E-state index in [1.54, 1.807) is 17.5 Å². The zero-order valence-corrected chi connectivity index (χ0v) is 19.7. The molecule has 4 rings (SSSR count). The summed E-state index contributed by atoms with van der Waals surface area (Å²) in [7, 11) is 0. The van der Waals surface area contributed by atoms with Gasteiger partial charge in [0.05, 0.1) is 23.0 Å². The molecule has 2 aromatic heterocycles. The fraction of sp³-hybridized carbons (Fsp3) is 0.292. The standard InChI is InChI=1S/C24H26N4OS.ClH/c1-17-8-9-20(19(3)14-17)15-22(29)28(12-5-11-27-13-10-25-16-27)24-26-23-18(2)6-4-7-21(23)30-24;/h4,6-10,13-14,16H,5,11-12,15H2,1-3H3;1H. The fourth-order valence-electron chi connectivity index (χ4n) is 3.65. The first-order valence-electron chi connectivity index (χ1n) is 10.2. The lowest BCUT2D eigenvalue weighted by Gasteiger charge is -2.20. The molecule has 4 aromatic rings. The van der Waals surface area contributed by atoms with E-state index in [1.807, 2.05) is 28.1 Å². The van der Waals surface area contributed by atoms with Gasteiger partial charge in [-0.15, -0.1) is 12.4 Å². The minimum Gasteiger partial charge on any atom is -0.337 e. The van der Waals surface area contributed by atoms with Gasteiger partial charge in [0.2, 0.25) is 5.91 Å². The smallest absolute Gasteiger partial charge is 0.233 e. The molecule has 0 N–H and O–H groups in total. The van der Waals surface area contributed by atoms with Gasteiger partial charge in [-0.3, -0.25) is 9.69 Å². The van der Waals surface area contributed by atoms with E-state index in [2.05, 4.69) is 56.1 Å². The number of carbonyl (C=O) groups excluding carboxylic acids is 1. The van der Waals surface area contributed by atoms with E-state index in [4.69, 9.17) is 4.98 Å². The Balaban J connectivity index is 0.00000272. The lowest BCUT2D eigenvalue weighted by Crippen LogP contribution is -2.33. The number of aromatic nitrogens is 3. The lowest BCUT2D eigenvalue weighted by molar-refractivity contribution is -0.118. The highest BCUT2D eigenvalue weighted by molar-refractivity contribution is 7.22. The Morgan fingerprint density at radius 2 is 1.97 bits per heavy atom. The molecule has 7 heteroatoms. The molecule has 2 aromatic carbocycles. The number of anilines is 1. The molecule has 162 valence electrons. The third-order valence-electron chi connectivity index (χ3n) is 5.34. The molecule has 1 amide bonds. The second-order valence-electron chi connectivity index (χ2n) is 7.72. The number of amides is 1. The van der Waals surface area contributed by atoms with Crippen LogP contribution >= 0.6 is 23.7 Å². The first kappa shape index (κ1) is 23.0. The van der Waals surface area contributed by atoms with E-state index in [-0.39, 0.29) is 18.3 Å². The van der Waals surface area contributed by atoms with E-state index in [1.165, 1.54) is 5.56 Å². The highest BCUT2D eigenvalue weighted by Crippen LogP contribution is 2.31. The summed E-state index contributed by atoms with van der Waals surface area (Å²) in [5.41, 5.74) is 5.55. The van der Waals surface area contributed by atoms with Gasteiger partial charge in [0.25, 0.3) is 0 Å². The van der Waals surface area contributed by atoms with Crippen LogP contribution in [0.25, 0.3) is 10.2 Å². The Bertz CT molecular complexity index is 1170. The molecule has 0 spiro atoms. The van der Waals surface area contributed by atoms with Crippen LogP contribution in [0.2, 0.25) is 0 Å². The summed E-state index contributed by atoms with van der Waals surface area (Å²) < 4.78 is 3.15. The Hall–Kier alpha value is -2.70. The van der Waals surface area contributed by atoms with Crippen molar-refractivity contribution < 1.29 is 4.79 Å². The van der Waals surface area contributed by atoms with E-state index in [0.717, 1.165) is 45.0 Å². The number of rotatable bonds is 7. The third kappa shape index (κ3) is 5.32. The molecule has 0 atom stereocenters. The second kappa shape index (κ2) is 10.1. The van der Waals surface area contributed by atoms with E-state index in [0.29, 0.717) is 13.0 Å². The van der Waals surface area contributed by atoms with Gasteiger partial charge in [-0.05, 0) is 49.9 Å². The predicted molar refractivity (Wildman–Crippen MR) is 130 cm³/mol. The molecule has 31 heavy (non-hydrogen) atoms. The first-order valence-corrected chi connectivity index (χ1v) is 11.0. The van der Waals surface area contributed by atoms with Crippen LogP contribution in [0.1, 0.15) is 28.7 Å². The van der Waals surface area contributed by atoms with E-state index in [9.17, 15) is 4.79 Å². The van der Waals surface area contributed by atoms with Crippen molar-refractivity contribution >= 4 is 45.0 Å². The number of hydrogen-bond donors (Lipinski definition) is 0. The predicted octanol–water partition coefficient (Wildman–Crippen LogP) is 5.51. The number of benzene rings is 2. The minimum atomic E-state index is 0. The SMILES string of the molecule is Cc1ccc(CC(=O)N(CCCn2ccnc2)c2nc3c(C)cccc3s2)c(C)c1.Cl. The summed E-state index contributed by atoms with van der Waals surface area (Å²) in [6, 6.07) is 12.4. The maximum Gasteiger partial charge on any atom is 0.233 e. The lowest BCUT2D eigenvalue weighted by atomic mass is 10.0. The monoisotopic (exact) mass is 454 g/mol. The van der Waals surface area contributed by atoms with Gasteiger partial charge in [0.15, 0.2) is 5.13 Å². The maximum absolute atomic E-state index is 13.4. The highest BCUT2D eigenvalue weighted by Gasteiger charge is 2.21. The van der Waals surface area contributed by atoms with E-state index >= 15 is 0 Å². The number of thiazole rings is 1. The van der Waals surface area contributed by atoms with Gasteiger partial charge < -0.3 is 4.57 Å². The zero-order chi connectivity index (χ0) is 21.1. The number of imidazole rings is 1. The number of fused-ring (bicyclic) bond motifs is 1. The van der Waals surface area contributed by atoms with Crippen molar-refractivity contribution in [2.24, 2.45) is 0 Å². The Morgan fingerprint density at radius 1 is 1.13 bits per heavy atom. The van der Waals surface area contributed by atoms with Crippen LogP contribution in [0.3, 0.4) is 0 Å². The largest absolute Gasteiger partial charge is 0.337 e. The van der Waals surface area contributed by atoms with Crippen molar-refractivity contribution in [3.8, 4) is 0 Å². The molecule has 0 unspecified atom stereocenters. The molecule has 0 fully saturated rings. The zero-order valence-electron chi connectivity index (χ0n) is 18.0. The maximum atomic E-state index is 13.4. The van der Waals surface area contributed by atoms with Crippen molar-refractivity contribution in [3.63, 3.8) is 0 Å². The Kier molecular flexibility index (Phi) is 7.46. The van der Waals surface area contributed by atoms with Gasteiger partial charge in [-0.25, -0.2) is 9.97 Å². The molecule has 0 radical (unpaired) electrons. The molecule has 0 bridgehead atoms. The summed E-state index contributed by atoms with van der Waals surface area (Å²) >= 11 is 1.59. The molecular formula is C24H27ClN4OS. The molecular weight excluding hydrogens is 428 g/mol. The Morgan fingerprint density at radius 3 is 2.68 bits per heavy atom. The van der Waals surface area contributed by atoms with Crippen LogP contribution in [0.15, 0.2) is 55.1 Å². The normalized spacial score (nSPS) is 10.8. The van der Waals surface area contributed by atoms with Crippen LogP contribution < -0.4 is 4.90 Å². The average molecular weight is 455 g/mol. The van der Waals surface area contributed by atoms with E-state index < -0.39 is 0 Å². The number of halogens is 1. The van der Waals surface area contributed by atoms with Gasteiger partial charge in [0, 0.05) is 25.5 Å². The fourth-order valence-corrected chi connectivity index (χ4v) is 4.74. The summed E-state index contributed by atoms with van der Waals surface area (Å²) in [6.07, 6.45) is 6.75. The van der Waals surface area contributed by atoms with Gasteiger partial charge in [-0.2, -0.15) is 0 Å². The molecule has 0 saturated carbocycles.